The lowest BCUT2D eigenvalue weighted by Crippen LogP contribution is -2.38. The highest BCUT2D eigenvalue weighted by molar-refractivity contribution is 14.0. The Morgan fingerprint density at radius 1 is 1.30 bits per heavy atom. The van der Waals surface area contributed by atoms with Crippen molar-refractivity contribution in [3.05, 3.63) is 69.5 Å². The van der Waals surface area contributed by atoms with Gasteiger partial charge < -0.3 is 15.4 Å². The lowest BCUT2D eigenvalue weighted by atomic mass is 10.1. The number of halogens is 2. The van der Waals surface area contributed by atoms with Crippen molar-refractivity contribution in [2.24, 2.45) is 4.99 Å². The summed E-state index contributed by atoms with van der Waals surface area (Å²) in [6.07, 6.45) is 0. The molecule has 0 aliphatic rings. The van der Waals surface area contributed by atoms with Crippen LogP contribution in [0.25, 0.3) is 0 Å². The van der Waals surface area contributed by atoms with Crippen LogP contribution in [0, 0.1) is 15.9 Å². The van der Waals surface area contributed by atoms with Crippen LogP contribution in [0.1, 0.15) is 24.1 Å². The Bertz CT molecular complexity index is 800. The van der Waals surface area contributed by atoms with Gasteiger partial charge >= 0.3 is 0 Å². The normalized spacial score (nSPS) is 11.9. The summed E-state index contributed by atoms with van der Waals surface area (Å²) in [6, 6.07) is 10.9. The van der Waals surface area contributed by atoms with Gasteiger partial charge in [0.25, 0.3) is 5.69 Å². The third-order valence-corrected chi connectivity index (χ3v) is 3.86. The molecule has 0 aliphatic heterocycles. The molecule has 1 atom stereocenters. The molecule has 2 rings (SSSR count). The van der Waals surface area contributed by atoms with Gasteiger partial charge in [0.1, 0.15) is 0 Å². The van der Waals surface area contributed by atoms with Crippen LogP contribution in [-0.4, -0.2) is 25.0 Å². The predicted octanol–water partition coefficient (Wildman–Crippen LogP) is 3.79. The van der Waals surface area contributed by atoms with Crippen LogP contribution in [-0.2, 0) is 6.54 Å². The van der Waals surface area contributed by atoms with E-state index in [9.17, 15) is 14.5 Å². The number of rotatable bonds is 6. The largest absolute Gasteiger partial charge is 0.494 e. The Morgan fingerprint density at radius 2 is 1.96 bits per heavy atom. The van der Waals surface area contributed by atoms with Crippen LogP contribution in [0.2, 0.25) is 0 Å². The van der Waals surface area contributed by atoms with Crippen molar-refractivity contribution in [1.29, 1.82) is 0 Å². The molecule has 0 heterocycles. The minimum atomic E-state index is -0.437. The molecule has 0 aliphatic carbocycles. The molecule has 1 unspecified atom stereocenters. The van der Waals surface area contributed by atoms with Crippen LogP contribution >= 0.6 is 24.0 Å². The zero-order chi connectivity index (χ0) is 19.1. The molecule has 146 valence electrons. The van der Waals surface area contributed by atoms with Crippen molar-refractivity contribution in [3.8, 4) is 5.75 Å². The second kappa shape index (κ2) is 10.7. The molecule has 9 heteroatoms. The van der Waals surface area contributed by atoms with Crippen LogP contribution < -0.4 is 15.4 Å². The molecule has 0 radical (unpaired) electrons. The van der Waals surface area contributed by atoms with E-state index in [0.29, 0.717) is 12.5 Å². The number of non-ortho nitro benzene ring substituents is 1. The van der Waals surface area contributed by atoms with Crippen molar-refractivity contribution in [2.45, 2.75) is 19.5 Å². The fraction of sp³-hybridized carbons (Fsp3) is 0.278. The summed E-state index contributed by atoms with van der Waals surface area (Å²) in [4.78, 5) is 14.4. The second-order valence-electron chi connectivity index (χ2n) is 5.61. The first-order valence-corrected chi connectivity index (χ1v) is 7.98. The van der Waals surface area contributed by atoms with Gasteiger partial charge in [-0.2, -0.15) is 0 Å². The number of nitrogens with zero attached hydrogens (tertiary/aromatic N) is 2. The molecule has 0 saturated heterocycles. The first kappa shape index (κ1) is 22.6. The summed E-state index contributed by atoms with van der Waals surface area (Å²) < 4.78 is 18.8. The highest BCUT2D eigenvalue weighted by atomic mass is 127. The van der Waals surface area contributed by atoms with Crippen molar-refractivity contribution in [1.82, 2.24) is 10.6 Å². The van der Waals surface area contributed by atoms with Gasteiger partial charge in [0, 0.05) is 25.7 Å². The standard InChI is InChI=1S/C18H21FN4O3.HI/c1-12(14-6-9-17(26-3)16(19)10-14)22-18(20-2)21-11-13-4-7-15(8-5-13)23(24)25;/h4-10,12H,11H2,1-3H3,(H2,20,21,22);1H. The van der Waals surface area contributed by atoms with Gasteiger partial charge in [0.15, 0.2) is 17.5 Å². The number of hydrogen-bond donors (Lipinski definition) is 2. The zero-order valence-corrected chi connectivity index (χ0v) is 17.6. The molecular weight excluding hydrogens is 466 g/mol. The molecule has 0 saturated carbocycles. The maximum atomic E-state index is 13.8. The van der Waals surface area contributed by atoms with Crippen molar-refractivity contribution in [3.63, 3.8) is 0 Å². The van der Waals surface area contributed by atoms with Crippen molar-refractivity contribution in [2.75, 3.05) is 14.2 Å². The maximum Gasteiger partial charge on any atom is 0.269 e. The third kappa shape index (κ3) is 6.35. The summed E-state index contributed by atoms with van der Waals surface area (Å²) in [6.45, 7) is 2.33. The third-order valence-electron chi connectivity index (χ3n) is 3.86. The predicted molar refractivity (Wildman–Crippen MR) is 113 cm³/mol. The number of ether oxygens (including phenoxy) is 1. The van der Waals surface area contributed by atoms with Gasteiger partial charge in [-0.15, -0.1) is 24.0 Å². The van der Waals surface area contributed by atoms with Crippen LogP contribution in [0.5, 0.6) is 5.75 Å². The van der Waals surface area contributed by atoms with E-state index in [1.54, 1.807) is 31.3 Å². The topological polar surface area (TPSA) is 88.8 Å². The summed E-state index contributed by atoms with van der Waals surface area (Å²) in [5.41, 5.74) is 1.68. The molecule has 2 N–H and O–H groups in total. The van der Waals surface area contributed by atoms with Gasteiger partial charge in [-0.25, -0.2) is 4.39 Å². The molecular formula is C18H22FIN4O3. The van der Waals surface area contributed by atoms with Crippen molar-refractivity contribution >= 4 is 35.6 Å². The Kier molecular flexibility index (Phi) is 8.92. The van der Waals surface area contributed by atoms with E-state index in [1.165, 1.54) is 25.3 Å². The molecule has 7 nitrogen and oxygen atoms in total. The van der Waals surface area contributed by atoms with E-state index in [0.717, 1.165) is 11.1 Å². The first-order chi connectivity index (χ1) is 12.4. The SMILES string of the molecule is CN=C(NCc1ccc([N+](=O)[O-])cc1)NC(C)c1ccc(OC)c(F)c1.I. The second-order valence-corrected chi connectivity index (χ2v) is 5.61. The van der Waals surface area contributed by atoms with E-state index >= 15 is 0 Å². The van der Waals surface area contributed by atoms with E-state index in [2.05, 4.69) is 15.6 Å². The van der Waals surface area contributed by atoms with Gasteiger partial charge in [-0.3, -0.25) is 15.1 Å². The lowest BCUT2D eigenvalue weighted by Gasteiger charge is -2.19. The first-order valence-electron chi connectivity index (χ1n) is 7.98. The van der Waals surface area contributed by atoms with E-state index in [1.807, 2.05) is 6.92 Å². The van der Waals surface area contributed by atoms with Gasteiger partial charge in [-0.1, -0.05) is 18.2 Å². The van der Waals surface area contributed by atoms with E-state index < -0.39 is 10.7 Å². The Morgan fingerprint density at radius 3 is 2.48 bits per heavy atom. The van der Waals surface area contributed by atoms with Crippen molar-refractivity contribution < 1.29 is 14.1 Å². The number of benzene rings is 2. The Hall–Kier alpha value is -2.43. The number of aliphatic imine (C=N–C) groups is 1. The fourth-order valence-electron chi connectivity index (χ4n) is 2.36. The Balaban J connectivity index is 0.00000364. The monoisotopic (exact) mass is 488 g/mol. The molecule has 0 aromatic heterocycles. The molecule has 27 heavy (non-hydrogen) atoms. The summed E-state index contributed by atoms with van der Waals surface area (Å²) in [5, 5.41) is 17.0. The van der Waals surface area contributed by atoms with Crippen LogP contribution in [0.15, 0.2) is 47.5 Å². The number of nitro groups is 1. The molecule has 2 aromatic carbocycles. The number of hydrogen-bond acceptors (Lipinski definition) is 4. The Labute approximate surface area is 174 Å². The molecule has 0 bridgehead atoms. The maximum absolute atomic E-state index is 13.8. The highest BCUT2D eigenvalue weighted by Gasteiger charge is 2.11. The highest BCUT2D eigenvalue weighted by Crippen LogP contribution is 2.21. The molecule has 0 fully saturated rings. The number of methoxy groups -OCH3 is 1. The van der Waals surface area contributed by atoms with Gasteiger partial charge in [-0.05, 0) is 30.2 Å². The summed E-state index contributed by atoms with van der Waals surface area (Å²) >= 11 is 0. The average Bonchev–Trinajstić information content (AvgIpc) is 2.65. The quantitative estimate of drug-likeness (QED) is 0.213. The van der Waals surface area contributed by atoms with E-state index in [-0.39, 0.29) is 41.5 Å². The lowest BCUT2D eigenvalue weighted by molar-refractivity contribution is -0.384. The molecule has 0 amide bonds. The summed E-state index contributed by atoms with van der Waals surface area (Å²) in [5.74, 6) is 0.307. The van der Waals surface area contributed by atoms with Gasteiger partial charge in [0.05, 0.1) is 18.1 Å². The number of nitrogens with one attached hydrogen (secondary N) is 2. The number of nitro benzene ring substituents is 1. The average molecular weight is 488 g/mol. The minimum Gasteiger partial charge on any atom is -0.494 e. The molecule has 0 spiro atoms. The minimum absolute atomic E-state index is 0. The van der Waals surface area contributed by atoms with E-state index in [4.69, 9.17) is 4.74 Å². The number of guanidine groups is 1. The molecule has 2 aromatic rings. The zero-order valence-electron chi connectivity index (χ0n) is 15.2. The fourth-order valence-corrected chi connectivity index (χ4v) is 2.36. The van der Waals surface area contributed by atoms with Gasteiger partial charge in [0.2, 0.25) is 0 Å². The van der Waals surface area contributed by atoms with Crippen LogP contribution in [0.4, 0.5) is 10.1 Å². The van der Waals surface area contributed by atoms with Crippen LogP contribution in [0.3, 0.4) is 0 Å². The smallest absolute Gasteiger partial charge is 0.269 e. The summed E-state index contributed by atoms with van der Waals surface area (Å²) in [7, 11) is 3.05.